The minimum Gasteiger partial charge on any atom is -0.370 e. The fourth-order valence-electron chi connectivity index (χ4n) is 1.47. The van der Waals surface area contributed by atoms with E-state index >= 15 is 0 Å². The molecule has 0 fully saturated rings. The first-order valence-corrected chi connectivity index (χ1v) is 6.02. The van der Waals surface area contributed by atoms with Crippen molar-refractivity contribution in [1.82, 2.24) is 4.98 Å². The summed E-state index contributed by atoms with van der Waals surface area (Å²) in [6.07, 6.45) is 3.64. The standard InChI is InChI=1S/C11H18BrN3/c1-3-15(8-9(2)6-13)11-4-5-14-7-10(11)12/h4-5,7,9H,3,6,8,13H2,1-2H3. The van der Waals surface area contributed by atoms with Crippen molar-refractivity contribution >= 4 is 21.6 Å². The predicted octanol–water partition coefficient (Wildman–Crippen LogP) is 2.27. The van der Waals surface area contributed by atoms with Crippen molar-refractivity contribution < 1.29 is 0 Å². The van der Waals surface area contributed by atoms with Crippen LogP contribution in [0.4, 0.5) is 5.69 Å². The van der Waals surface area contributed by atoms with Crippen LogP contribution in [0.25, 0.3) is 0 Å². The molecule has 0 aliphatic carbocycles. The molecule has 2 N–H and O–H groups in total. The second-order valence-corrected chi connectivity index (χ2v) is 4.56. The van der Waals surface area contributed by atoms with Crippen molar-refractivity contribution in [2.24, 2.45) is 11.7 Å². The molecular formula is C11H18BrN3. The van der Waals surface area contributed by atoms with Crippen LogP contribution in [-0.4, -0.2) is 24.6 Å². The number of pyridine rings is 1. The molecule has 1 rings (SSSR count). The number of aromatic nitrogens is 1. The van der Waals surface area contributed by atoms with E-state index < -0.39 is 0 Å². The van der Waals surface area contributed by atoms with Gasteiger partial charge in [0.2, 0.25) is 0 Å². The molecule has 15 heavy (non-hydrogen) atoms. The van der Waals surface area contributed by atoms with Crippen LogP contribution in [0.3, 0.4) is 0 Å². The van der Waals surface area contributed by atoms with Crippen molar-refractivity contribution in [3.63, 3.8) is 0 Å². The Balaban J connectivity index is 2.78. The molecule has 0 radical (unpaired) electrons. The maximum Gasteiger partial charge on any atom is 0.0592 e. The fourth-order valence-corrected chi connectivity index (χ4v) is 1.97. The number of halogens is 1. The first-order chi connectivity index (χ1) is 7.19. The first-order valence-electron chi connectivity index (χ1n) is 5.23. The van der Waals surface area contributed by atoms with E-state index in [-0.39, 0.29) is 0 Å². The van der Waals surface area contributed by atoms with Crippen LogP contribution >= 0.6 is 15.9 Å². The normalized spacial score (nSPS) is 12.5. The molecule has 3 nitrogen and oxygen atoms in total. The first kappa shape index (κ1) is 12.5. The molecule has 84 valence electrons. The third kappa shape index (κ3) is 3.47. The van der Waals surface area contributed by atoms with Gasteiger partial charge < -0.3 is 10.6 Å². The Labute approximate surface area is 99.8 Å². The Morgan fingerprint density at radius 2 is 2.33 bits per heavy atom. The lowest BCUT2D eigenvalue weighted by Crippen LogP contribution is -2.31. The fraction of sp³-hybridized carbons (Fsp3) is 0.545. The van der Waals surface area contributed by atoms with Crippen LogP contribution in [-0.2, 0) is 0 Å². The summed E-state index contributed by atoms with van der Waals surface area (Å²) in [6, 6.07) is 2.02. The summed E-state index contributed by atoms with van der Waals surface area (Å²) >= 11 is 3.51. The Hall–Kier alpha value is -0.610. The quantitative estimate of drug-likeness (QED) is 0.894. The molecule has 1 unspecified atom stereocenters. The number of rotatable bonds is 5. The van der Waals surface area contributed by atoms with Gasteiger partial charge in [0.1, 0.15) is 0 Å². The van der Waals surface area contributed by atoms with E-state index in [4.69, 9.17) is 5.73 Å². The van der Waals surface area contributed by atoms with Crippen LogP contribution in [0.2, 0.25) is 0 Å². The lowest BCUT2D eigenvalue weighted by molar-refractivity contribution is 0.575. The Bertz CT molecular complexity index is 304. The van der Waals surface area contributed by atoms with Crippen molar-refractivity contribution in [3.8, 4) is 0 Å². The summed E-state index contributed by atoms with van der Waals surface area (Å²) in [5, 5.41) is 0. The zero-order chi connectivity index (χ0) is 11.3. The third-order valence-electron chi connectivity index (χ3n) is 2.41. The highest BCUT2D eigenvalue weighted by atomic mass is 79.9. The van der Waals surface area contributed by atoms with E-state index in [2.05, 4.69) is 39.7 Å². The van der Waals surface area contributed by atoms with Gasteiger partial charge in [-0.3, -0.25) is 4.98 Å². The highest BCUT2D eigenvalue weighted by Gasteiger charge is 2.10. The molecule has 1 aromatic rings. The molecule has 0 aliphatic heterocycles. The van der Waals surface area contributed by atoms with Crippen LogP contribution in [0.5, 0.6) is 0 Å². The Morgan fingerprint density at radius 1 is 1.60 bits per heavy atom. The highest BCUT2D eigenvalue weighted by molar-refractivity contribution is 9.10. The number of hydrogen-bond acceptors (Lipinski definition) is 3. The average molecular weight is 272 g/mol. The van der Waals surface area contributed by atoms with Gasteiger partial charge in [-0.2, -0.15) is 0 Å². The maximum atomic E-state index is 5.64. The summed E-state index contributed by atoms with van der Waals surface area (Å²) in [5.74, 6) is 0.505. The molecular weight excluding hydrogens is 254 g/mol. The largest absolute Gasteiger partial charge is 0.370 e. The lowest BCUT2D eigenvalue weighted by Gasteiger charge is -2.26. The van der Waals surface area contributed by atoms with Gasteiger partial charge in [0, 0.05) is 25.5 Å². The molecule has 0 aromatic carbocycles. The summed E-state index contributed by atoms with van der Waals surface area (Å²) in [7, 11) is 0. The lowest BCUT2D eigenvalue weighted by atomic mass is 10.1. The molecule has 1 heterocycles. The number of hydrogen-bond donors (Lipinski definition) is 1. The Morgan fingerprint density at radius 3 is 2.87 bits per heavy atom. The van der Waals surface area contributed by atoms with E-state index in [0.29, 0.717) is 5.92 Å². The zero-order valence-electron chi connectivity index (χ0n) is 9.28. The molecule has 0 bridgehead atoms. The topological polar surface area (TPSA) is 42.1 Å². The molecule has 0 saturated carbocycles. The monoisotopic (exact) mass is 271 g/mol. The van der Waals surface area contributed by atoms with E-state index in [0.717, 1.165) is 24.1 Å². The van der Waals surface area contributed by atoms with E-state index in [1.165, 1.54) is 5.69 Å². The molecule has 0 amide bonds. The summed E-state index contributed by atoms with van der Waals surface area (Å²) < 4.78 is 1.04. The number of nitrogens with two attached hydrogens (primary N) is 1. The summed E-state index contributed by atoms with van der Waals surface area (Å²) in [6.45, 7) is 7.00. The highest BCUT2D eigenvalue weighted by Crippen LogP contribution is 2.24. The molecule has 1 atom stereocenters. The minimum absolute atomic E-state index is 0.505. The van der Waals surface area contributed by atoms with Gasteiger partial charge in [0.05, 0.1) is 10.2 Å². The molecule has 0 saturated heterocycles. The van der Waals surface area contributed by atoms with E-state index in [9.17, 15) is 0 Å². The van der Waals surface area contributed by atoms with Crippen LogP contribution in [0.15, 0.2) is 22.9 Å². The van der Waals surface area contributed by atoms with Crippen molar-refractivity contribution in [2.45, 2.75) is 13.8 Å². The van der Waals surface area contributed by atoms with Gasteiger partial charge in [0.25, 0.3) is 0 Å². The summed E-state index contributed by atoms with van der Waals surface area (Å²) in [5.41, 5.74) is 6.83. The second-order valence-electron chi connectivity index (χ2n) is 3.71. The van der Waals surface area contributed by atoms with Crippen molar-refractivity contribution in [3.05, 3.63) is 22.9 Å². The van der Waals surface area contributed by atoms with Gasteiger partial charge in [-0.05, 0) is 41.4 Å². The van der Waals surface area contributed by atoms with E-state index in [1.54, 1.807) is 0 Å². The van der Waals surface area contributed by atoms with Gasteiger partial charge in [0.15, 0.2) is 0 Å². The smallest absolute Gasteiger partial charge is 0.0592 e. The average Bonchev–Trinajstić information content (AvgIpc) is 2.26. The van der Waals surface area contributed by atoms with Gasteiger partial charge in [-0.25, -0.2) is 0 Å². The molecule has 1 aromatic heterocycles. The molecule has 0 aliphatic rings. The van der Waals surface area contributed by atoms with Crippen LogP contribution in [0, 0.1) is 5.92 Å². The van der Waals surface area contributed by atoms with Crippen LogP contribution in [0.1, 0.15) is 13.8 Å². The number of nitrogens with zero attached hydrogens (tertiary/aromatic N) is 2. The third-order valence-corrected chi connectivity index (χ3v) is 3.02. The molecule has 4 heteroatoms. The number of anilines is 1. The Kier molecular flexibility index (Phi) is 5.05. The summed E-state index contributed by atoms with van der Waals surface area (Å²) in [4.78, 5) is 6.37. The molecule has 0 spiro atoms. The van der Waals surface area contributed by atoms with Crippen molar-refractivity contribution in [1.29, 1.82) is 0 Å². The van der Waals surface area contributed by atoms with Crippen molar-refractivity contribution in [2.75, 3.05) is 24.5 Å². The van der Waals surface area contributed by atoms with Gasteiger partial charge >= 0.3 is 0 Å². The van der Waals surface area contributed by atoms with Gasteiger partial charge in [-0.1, -0.05) is 6.92 Å². The second kappa shape index (κ2) is 6.08. The SMILES string of the molecule is CCN(CC(C)CN)c1ccncc1Br. The van der Waals surface area contributed by atoms with Crippen LogP contribution < -0.4 is 10.6 Å². The minimum atomic E-state index is 0.505. The maximum absolute atomic E-state index is 5.64. The van der Waals surface area contributed by atoms with E-state index in [1.807, 2.05) is 18.5 Å². The zero-order valence-corrected chi connectivity index (χ0v) is 10.9. The predicted molar refractivity (Wildman–Crippen MR) is 68.0 cm³/mol. The van der Waals surface area contributed by atoms with Gasteiger partial charge in [-0.15, -0.1) is 0 Å².